The molecule has 140 valence electrons. The summed E-state index contributed by atoms with van der Waals surface area (Å²) in [5, 5.41) is 1.94. The van der Waals surface area contributed by atoms with Gasteiger partial charge in [-0.3, -0.25) is 4.79 Å². The topological polar surface area (TPSA) is 72.5 Å². The van der Waals surface area contributed by atoms with Crippen molar-refractivity contribution in [3.63, 3.8) is 0 Å². The number of hydrogen-bond acceptors (Lipinski definition) is 4. The van der Waals surface area contributed by atoms with Crippen LogP contribution in [0.25, 0.3) is 0 Å². The third-order valence-corrected chi connectivity index (χ3v) is 4.73. The quantitative estimate of drug-likeness (QED) is 0.730. The Morgan fingerprint density at radius 1 is 1.08 bits per heavy atom. The molecular weight excluding hydrogens is 418 g/mol. The highest BCUT2D eigenvalue weighted by Gasteiger charge is 2.28. The van der Waals surface area contributed by atoms with Gasteiger partial charge in [-0.1, -0.05) is 23.2 Å². The van der Waals surface area contributed by atoms with E-state index in [2.05, 4.69) is 0 Å². The van der Waals surface area contributed by atoms with E-state index in [4.69, 9.17) is 27.4 Å². The fraction of sp³-hybridized carbons (Fsp3) is 0.133. The average Bonchev–Trinajstić information content (AvgIpc) is 2.54. The molecule has 1 N–H and O–H groups in total. The Kier molecular flexibility index (Phi) is 6.05. The molecule has 0 saturated heterocycles. The fourth-order valence-electron chi connectivity index (χ4n) is 1.76. The lowest BCUT2D eigenvalue weighted by Crippen LogP contribution is -2.33. The first-order chi connectivity index (χ1) is 12.0. The van der Waals surface area contributed by atoms with E-state index in [-0.39, 0.29) is 26.3 Å². The number of hydrogen-bond donors (Lipinski definition) is 1. The van der Waals surface area contributed by atoms with Gasteiger partial charge in [-0.25, -0.2) is 0 Å². The highest BCUT2D eigenvalue weighted by atomic mass is 35.5. The summed E-state index contributed by atoms with van der Waals surface area (Å²) >= 11 is 11.6. The lowest BCUT2D eigenvalue weighted by Gasteiger charge is -2.10. The van der Waals surface area contributed by atoms with Gasteiger partial charge in [0.25, 0.3) is 5.91 Å². The van der Waals surface area contributed by atoms with Gasteiger partial charge in [-0.2, -0.15) is 21.6 Å². The van der Waals surface area contributed by atoms with Gasteiger partial charge in [0.1, 0.15) is 11.4 Å². The van der Waals surface area contributed by atoms with Crippen molar-refractivity contribution in [2.75, 3.05) is 6.54 Å². The predicted molar refractivity (Wildman–Crippen MR) is 89.1 cm³/mol. The molecule has 0 radical (unpaired) electrons. The van der Waals surface area contributed by atoms with Crippen LogP contribution in [0.3, 0.4) is 0 Å². The molecule has 0 heterocycles. The molecule has 0 aliphatic carbocycles. The second-order valence-electron chi connectivity index (χ2n) is 4.93. The van der Waals surface area contributed by atoms with Crippen LogP contribution in [0.15, 0.2) is 47.4 Å². The molecule has 2 rings (SSSR count). The van der Waals surface area contributed by atoms with Gasteiger partial charge in [0.05, 0.1) is 5.02 Å². The van der Waals surface area contributed by atoms with Crippen molar-refractivity contribution in [1.29, 1.82) is 0 Å². The molecule has 11 heteroatoms. The zero-order chi connectivity index (χ0) is 19.5. The smallest absolute Gasteiger partial charge is 0.377 e. The first kappa shape index (κ1) is 20.3. The number of halogens is 5. The number of amides is 1. The summed E-state index contributed by atoms with van der Waals surface area (Å²) in [6.45, 7) is -1.50. The molecule has 0 aromatic heterocycles. The van der Waals surface area contributed by atoms with E-state index in [9.17, 15) is 26.4 Å². The van der Waals surface area contributed by atoms with Gasteiger partial charge < -0.3 is 9.50 Å². The van der Waals surface area contributed by atoms with Crippen LogP contribution < -0.4 is 9.50 Å². The van der Waals surface area contributed by atoms with Crippen molar-refractivity contribution < 1.29 is 30.6 Å². The lowest BCUT2D eigenvalue weighted by molar-refractivity contribution is -0.123. The third kappa shape index (κ3) is 5.52. The Labute approximate surface area is 156 Å². The molecule has 0 saturated carbocycles. The molecule has 0 aliphatic rings. The summed E-state index contributed by atoms with van der Waals surface area (Å²) in [4.78, 5) is 11.3. The number of alkyl halides is 3. The molecule has 2 aromatic carbocycles. The molecule has 2 aromatic rings. The van der Waals surface area contributed by atoms with Gasteiger partial charge >= 0.3 is 16.3 Å². The SMILES string of the molecule is O=C(NCC(F)(F)F)c1ccc(S(=O)(=O)Oc2ccc(Cl)cc2Cl)cc1. The highest BCUT2D eigenvalue weighted by molar-refractivity contribution is 7.87. The minimum absolute atomic E-state index is 0.0239. The maximum absolute atomic E-state index is 12.2. The van der Waals surface area contributed by atoms with Crippen LogP contribution in [0, 0.1) is 0 Å². The van der Waals surface area contributed by atoms with Gasteiger partial charge in [-0.15, -0.1) is 0 Å². The van der Waals surface area contributed by atoms with E-state index in [1.54, 1.807) is 5.32 Å². The summed E-state index contributed by atoms with van der Waals surface area (Å²) in [6, 6.07) is 8.12. The molecule has 0 unspecified atom stereocenters. The Bertz CT molecular complexity index is 915. The van der Waals surface area contributed by atoms with Crippen LogP contribution in [0.1, 0.15) is 10.4 Å². The minimum atomic E-state index is -4.55. The Morgan fingerprint density at radius 2 is 1.69 bits per heavy atom. The zero-order valence-corrected chi connectivity index (χ0v) is 15.0. The fourth-order valence-corrected chi connectivity index (χ4v) is 3.20. The molecule has 0 bridgehead atoms. The first-order valence-electron chi connectivity index (χ1n) is 6.82. The normalized spacial score (nSPS) is 11.9. The lowest BCUT2D eigenvalue weighted by atomic mass is 10.2. The van der Waals surface area contributed by atoms with Gasteiger partial charge in [-0.05, 0) is 42.5 Å². The molecule has 0 aliphatic heterocycles. The Hall–Kier alpha value is -1.97. The van der Waals surface area contributed by atoms with Crippen LogP contribution in [0.5, 0.6) is 5.75 Å². The van der Waals surface area contributed by atoms with Gasteiger partial charge in [0.2, 0.25) is 0 Å². The summed E-state index contributed by atoms with van der Waals surface area (Å²) in [6.07, 6.45) is -4.55. The molecule has 0 fully saturated rings. The largest absolute Gasteiger partial charge is 0.405 e. The van der Waals surface area contributed by atoms with Crippen LogP contribution in [0.4, 0.5) is 13.2 Å². The van der Waals surface area contributed by atoms with E-state index in [0.717, 1.165) is 24.3 Å². The van der Waals surface area contributed by atoms with Crippen molar-refractivity contribution in [3.8, 4) is 5.75 Å². The van der Waals surface area contributed by atoms with E-state index in [1.165, 1.54) is 18.2 Å². The Morgan fingerprint density at radius 3 is 2.23 bits per heavy atom. The molecule has 5 nitrogen and oxygen atoms in total. The van der Waals surface area contributed by atoms with Gasteiger partial charge in [0.15, 0.2) is 5.75 Å². The zero-order valence-electron chi connectivity index (χ0n) is 12.7. The second-order valence-corrected chi connectivity index (χ2v) is 7.32. The molecule has 1 amide bonds. The standard InChI is InChI=1S/C15H10Cl2F3NO4S/c16-10-3-6-13(12(17)7-10)25-26(23,24)11-4-1-9(2-5-11)14(22)21-8-15(18,19)20/h1-7H,8H2,(H,21,22). The number of rotatable bonds is 5. The maximum Gasteiger partial charge on any atom is 0.405 e. The first-order valence-corrected chi connectivity index (χ1v) is 8.99. The van der Waals surface area contributed by atoms with Crippen LogP contribution >= 0.6 is 23.2 Å². The molecule has 0 atom stereocenters. The predicted octanol–water partition coefficient (Wildman–Crippen LogP) is 4.05. The molecule has 26 heavy (non-hydrogen) atoms. The van der Waals surface area contributed by atoms with Crippen LogP contribution in [-0.4, -0.2) is 27.0 Å². The van der Waals surface area contributed by atoms with E-state index in [1.807, 2.05) is 0 Å². The average molecular weight is 428 g/mol. The van der Waals surface area contributed by atoms with Crippen LogP contribution in [0.2, 0.25) is 10.0 Å². The number of benzene rings is 2. The third-order valence-electron chi connectivity index (χ3n) is 2.95. The van der Waals surface area contributed by atoms with E-state index in [0.29, 0.717) is 0 Å². The van der Waals surface area contributed by atoms with Gasteiger partial charge in [0, 0.05) is 10.6 Å². The number of nitrogens with one attached hydrogen (secondary N) is 1. The van der Waals surface area contributed by atoms with Crippen molar-refractivity contribution in [1.82, 2.24) is 5.32 Å². The second kappa shape index (κ2) is 7.73. The van der Waals surface area contributed by atoms with E-state index < -0.39 is 28.7 Å². The molecular formula is C15H10Cl2F3NO4S. The van der Waals surface area contributed by atoms with Crippen molar-refractivity contribution in [2.24, 2.45) is 0 Å². The maximum atomic E-state index is 12.2. The number of carbonyl (C=O) groups excluding carboxylic acids is 1. The number of carbonyl (C=O) groups is 1. The highest BCUT2D eigenvalue weighted by Crippen LogP contribution is 2.30. The van der Waals surface area contributed by atoms with E-state index >= 15 is 0 Å². The van der Waals surface area contributed by atoms with Crippen molar-refractivity contribution >= 4 is 39.2 Å². The summed E-state index contributed by atoms with van der Waals surface area (Å²) < 4.78 is 65.6. The Balaban J connectivity index is 2.14. The van der Waals surface area contributed by atoms with Crippen molar-refractivity contribution in [3.05, 3.63) is 58.1 Å². The minimum Gasteiger partial charge on any atom is -0.377 e. The summed E-state index contributed by atoms with van der Waals surface area (Å²) in [5.74, 6) is -1.14. The van der Waals surface area contributed by atoms with Crippen LogP contribution in [-0.2, 0) is 10.1 Å². The van der Waals surface area contributed by atoms with Crippen molar-refractivity contribution in [2.45, 2.75) is 11.1 Å². The monoisotopic (exact) mass is 427 g/mol. The summed E-state index contributed by atoms with van der Waals surface area (Å²) in [7, 11) is -4.27. The summed E-state index contributed by atoms with van der Waals surface area (Å²) in [5.41, 5.74) is -0.141. The molecule has 0 spiro atoms.